The Labute approximate surface area is 179 Å². The van der Waals surface area contributed by atoms with Crippen LogP contribution in [0.25, 0.3) is 11.2 Å². The van der Waals surface area contributed by atoms with E-state index in [4.69, 9.17) is 14.5 Å². The number of allylic oxidation sites excluding steroid dienone is 1. The van der Waals surface area contributed by atoms with Crippen LogP contribution in [0.3, 0.4) is 0 Å². The highest BCUT2D eigenvalue weighted by Gasteiger charge is 2.31. The van der Waals surface area contributed by atoms with Gasteiger partial charge >= 0.3 is 5.69 Å². The minimum atomic E-state index is -0.408. The summed E-state index contributed by atoms with van der Waals surface area (Å²) in [6, 6.07) is 5.56. The molecule has 1 aromatic carbocycles. The van der Waals surface area contributed by atoms with Crippen LogP contribution in [0.4, 0.5) is 11.6 Å². The lowest BCUT2D eigenvalue weighted by Gasteiger charge is -2.33. The summed E-state index contributed by atoms with van der Waals surface area (Å²) in [5.41, 5.74) is 1.53. The lowest BCUT2D eigenvalue weighted by Crippen LogP contribution is -2.40. The molecular weight excluding hydrogens is 398 g/mol. The van der Waals surface area contributed by atoms with E-state index < -0.39 is 5.69 Å². The average Bonchev–Trinajstić information content (AvgIpc) is 3.13. The first-order chi connectivity index (χ1) is 14.8. The Bertz CT molecular complexity index is 1300. The van der Waals surface area contributed by atoms with Crippen LogP contribution in [-0.2, 0) is 20.1 Å². The molecule has 0 N–H and O–H groups in total. The summed E-state index contributed by atoms with van der Waals surface area (Å²) in [7, 11) is 4.86. The molecule has 1 aliphatic rings. The summed E-state index contributed by atoms with van der Waals surface area (Å²) in [5, 5.41) is 0. The summed E-state index contributed by atoms with van der Waals surface area (Å²) >= 11 is 0. The zero-order chi connectivity index (χ0) is 22.4. The van der Waals surface area contributed by atoms with E-state index in [-0.39, 0.29) is 18.0 Å². The van der Waals surface area contributed by atoms with Gasteiger partial charge in [-0.05, 0) is 25.0 Å². The number of imidazole rings is 1. The maximum atomic E-state index is 13.3. The van der Waals surface area contributed by atoms with E-state index in [1.807, 2.05) is 27.7 Å². The number of hydrogen-bond acceptors (Lipinski definition) is 6. The largest absolute Gasteiger partial charge is 0.497 e. The Balaban J connectivity index is 2.02. The van der Waals surface area contributed by atoms with Gasteiger partial charge in [0.15, 0.2) is 11.2 Å². The Hall–Kier alpha value is -3.49. The maximum absolute atomic E-state index is 13.3. The molecule has 2 aromatic heterocycles. The fourth-order valence-corrected chi connectivity index (χ4v) is 4.12. The van der Waals surface area contributed by atoms with Gasteiger partial charge in [-0.15, -0.1) is 0 Å². The van der Waals surface area contributed by atoms with E-state index in [1.54, 1.807) is 28.2 Å². The third-order valence-electron chi connectivity index (χ3n) is 5.55. The van der Waals surface area contributed by atoms with Crippen LogP contribution >= 0.6 is 0 Å². The molecule has 0 saturated carbocycles. The molecule has 0 bridgehead atoms. The van der Waals surface area contributed by atoms with Crippen molar-refractivity contribution in [2.24, 2.45) is 13.0 Å². The van der Waals surface area contributed by atoms with Crippen molar-refractivity contribution in [3.8, 4) is 11.5 Å². The van der Waals surface area contributed by atoms with Gasteiger partial charge < -0.3 is 18.9 Å². The number of anilines is 2. The quantitative estimate of drug-likeness (QED) is 0.583. The number of benzene rings is 1. The highest BCUT2D eigenvalue weighted by atomic mass is 16.5. The minimum absolute atomic E-state index is 0.172. The molecule has 0 saturated heterocycles. The van der Waals surface area contributed by atoms with Crippen molar-refractivity contribution in [2.45, 2.75) is 26.9 Å². The van der Waals surface area contributed by atoms with E-state index in [1.165, 1.54) is 9.13 Å². The second-order valence-electron chi connectivity index (χ2n) is 8.14. The molecule has 3 aromatic rings. The molecule has 1 atom stereocenters. The van der Waals surface area contributed by atoms with Gasteiger partial charge in [-0.1, -0.05) is 19.1 Å². The van der Waals surface area contributed by atoms with E-state index >= 15 is 0 Å². The van der Waals surface area contributed by atoms with Crippen molar-refractivity contribution >= 4 is 22.8 Å². The summed E-state index contributed by atoms with van der Waals surface area (Å²) in [4.78, 5) is 32.9. The van der Waals surface area contributed by atoms with E-state index in [2.05, 4.69) is 13.5 Å². The van der Waals surface area contributed by atoms with E-state index in [0.29, 0.717) is 41.7 Å². The second-order valence-corrected chi connectivity index (χ2v) is 8.14. The number of nitrogens with zero attached hydrogens (tertiary/aromatic N) is 5. The van der Waals surface area contributed by atoms with Crippen molar-refractivity contribution in [3.05, 3.63) is 51.2 Å². The van der Waals surface area contributed by atoms with Crippen LogP contribution in [0.2, 0.25) is 0 Å². The second kappa shape index (κ2) is 7.64. The van der Waals surface area contributed by atoms with Crippen molar-refractivity contribution in [1.82, 2.24) is 18.7 Å². The Morgan fingerprint density at radius 3 is 2.61 bits per heavy atom. The fourth-order valence-electron chi connectivity index (χ4n) is 4.12. The highest BCUT2D eigenvalue weighted by Crippen LogP contribution is 2.39. The number of methoxy groups -OCH3 is 2. The molecule has 0 fully saturated rings. The van der Waals surface area contributed by atoms with Crippen LogP contribution in [0, 0.1) is 5.92 Å². The Morgan fingerprint density at radius 2 is 1.97 bits per heavy atom. The molecule has 0 spiro atoms. The van der Waals surface area contributed by atoms with Crippen LogP contribution in [0.15, 0.2) is 39.9 Å². The van der Waals surface area contributed by atoms with Crippen LogP contribution in [0.1, 0.15) is 13.8 Å². The smallest absolute Gasteiger partial charge is 0.332 e. The van der Waals surface area contributed by atoms with Crippen LogP contribution < -0.4 is 25.6 Å². The first-order valence-corrected chi connectivity index (χ1v) is 10.1. The number of fused-ring (bicyclic) bond motifs is 3. The zero-order valence-corrected chi connectivity index (χ0v) is 18.5. The maximum Gasteiger partial charge on any atom is 0.332 e. The number of aromatic nitrogens is 4. The van der Waals surface area contributed by atoms with Gasteiger partial charge in [0.2, 0.25) is 5.95 Å². The molecule has 1 aliphatic heterocycles. The molecule has 31 heavy (non-hydrogen) atoms. The van der Waals surface area contributed by atoms with E-state index in [9.17, 15) is 9.59 Å². The summed E-state index contributed by atoms with van der Waals surface area (Å²) in [5.74, 6) is 2.18. The molecule has 0 amide bonds. The lowest BCUT2D eigenvalue weighted by molar-refractivity contribution is 0.399. The topological polar surface area (TPSA) is 83.5 Å². The number of rotatable bonds is 5. The molecule has 0 aliphatic carbocycles. The Morgan fingerprint density at radius 1 is 1.23 bits per heavy atom. The predicted octanol–water partition coefficient (Wildman–Crippen LogP) is 2.28. The van der Waals surface area contributed by atoms with Gasteiger partial charge in [0, 0.05) is 26.2 Å². The third-order valence-corrected chi connectivity index (χ3v) is 5.55. The van der Waals surface area contributed by atoms with Gasteiger partial charge in [0.1, 0.15) is 11.5 Å². The van der Waals surface area contributed by atoms with Crippen molar-refractivity contribution in [1.29, 1.82) is 0 Å². The molecule has 0 radical (unpaired) electrons. The van der Waals surface area contributed by atoms with Gasteiger partial charge in [-0.3, -0.25) is 13.9 Å². The average molecular weight is 425 g/mol. The predicted molar refractivity (Wildman–Crippen MR) is 120 cm³/mol. The van der Waals surface area contributed by atoms with Crippen LogP contribution in [0.5, 0.6) is 11.5 Å². The number of aryl methyl sites for hydroxylation is 1. The summed E-state index contributed by atoms with van der Waals surface area (Å²) < 4.78 is 15.5. The number of ether oxygens (including phenoxy) is 2. The van der Waals surface area contributed by atoms with Gasteiger partial charge in [-0.2, -0.15) is 4.98 Å². The first-order valence-electron chi connectivity index (χ1n) is 10.1. The number of hydrogen-bond donors (Lipinski definition) is 0. The van der Waals surface area contributed by atoms with Crippen molar-refractivity contribution in [2.75, 3.05) is 25.7 Å². The molecule has 164 valence electrons. The van der Waals surface area contributed by atoms with Crippen LogP contribution in [-0.4, -0.2) is 39.4 Å². The van der Waals surface area contributed by atoms with Gasteiger partial charge in [-0.25, -0.2) is 4.79 Å². The molecule has 4 rings (SSSR count). The molecular formula is C22H27N5O4. The molecule has 9 nitrogen and oxygen atoms in total. The monoisotopic (exact) mass is 425 g/mol. The first kappa shape index (κ1) is 20.8. The van der Waals surface area contributed by atoms with Crippen molar-refractivity contribution < 1.29 is 9.47 Å². The molecule has 9 heteroatoms. The molecule has 3 heterocycles. The molecule has 0 unspecified atom stereocenters. The van der Waals surface area contributed by atoms with Gasteiger partial charge in [0.25, 0.3) is 5.56 Å². The zero-order valence-electron chi connectivity index (χ0n) is 18.5. The minimum Gasteiger partial charge on any atom is -0.497 e. The van der Waals surface area contributed by atoms with Crippen molar-refractivity contribution in [3.63, 3.8) is 0 Å². The van der Waals surface area contributed by atoms with E-state index in [0.717, 1.165) is 11.3 Å². The SMILES string of the molecule is C=C(C)Cn1c(=O)c2c(nc3n2C[C@@H](C)CN3c2cc(OC)ccc2OC)n(C)c1=O. The summed E-state index contributed by atoms with van der Waals surface area (Å²) in [6.45, 7) is 9.23. The fraction of sp³-hybridized carbons (Fsp3) is 0.409. The van der Waals surface area contributed by atoms with Gasteiger partial charge in [0.05, 0.1) is 26.5 Å². The standard InChI is InChI=1S/C22H27N5O4/c1-13(2)10-27-20(28)18-19(24(4)22(27)29)23-21-25(11-14(3)12-26(18)21)16-9-15(30-5)7-8-17(16)31-6/h7-9,14H,1,10-12H2,2-6H3/t14-/m0/s1. The summed E-state index contributed by atoms with van der Waals surface area (Å²) in [6.07, 6.45) is 0. The lowest BCUT2D eigenvalue weighted by atomic mass is 10.1. The normalized spacial score (nSPS) is 15.8. The highest BCUT2D eigenvalue weighted by molar-refractivity contribution is 5.78. The third kappa shape index (κ3) is 3.30. The Kier molecular flexibility index (Phi) is 5.12.